The van der Waals surface area contributed by atoms with E-state index in [0.29, 0.717) is 5.69 Å². The van der Waals surface area contributed by atoms with Gasteiger partial charge in [0.15, 0.2) is 6.61 Å². The Labute approximate surface area is 155 Å². The zero-order valence-corrected chi connectivity index (χ0v) is 14.7. The summed E-state index contributed by atoms with van der Waals surface area (Å²) in [4.78, 5) is 36.0. The van der Waals surface area contributed by atoms with Gasteiger partial charge in [-0.15, -0.1) is 0 Å². The first-order chi connectivity index (χ1) is 13.0. The Morgan fingerprint density at radius 1 is 1.11 bits per heavy atom. The van der Waals surface area contributed by atoms with Gasteiger partial charge in [0.05, 0.1) is 18.2 Å². The summed E-state index contributed by atoms with van der Waals surface area (Å²) in [6.45, 7) is -0.543. The predicted molar refractivity (Wildman–Crippen MR) is 95.4 cm³/mol. The van der Waals surface area contributed by atoms with Crippen LogP contribution in [0.25, 0.3) is 0 Å². The fourth-order valence-corrected chi connectivity index (χ4v) is 2.47. The number of benzene rings is 2. The molecule has 1 aliphatic rings. The number of methoxy groups -OCH3 is 1. The Morgan fingerprint density at radius 3 is 2.44 bits per heavy atom. The van der Waals surface area contributed by atoms with Gasteiger partial charge < -0.3 is 14.8 Å². The molecule has 1 saturated carbocycles. The van der Waals surface area contributed by atoms with Crippen molar-refractivity contribution in [2.24, 2.45) is 5.92 Å². The summed E-state index contributed by atoms with van der Waals surface area (Å²) in [7, 11) is 1.36. The first-order valence-electron chi connectivity index (χ1n) is 8.42. The van der Waals surface area contributed by atoms with E-state index in [1.807, 2.05) is 0 Å². The van der Waals surface area contributed by atoms with Crippen LogP contribution in [0.3, 0.4) is 0 Å². The Hall–Kier alpha value is -3.22. The minimum atomic E-state index is -0.696. The Morgan fingerprint density at radius 2 is 1.81 bits per heavy atom. The molecule has 0 aromatic heterocycles. The molecule has 1 N–H and O–H groups in total. The number of amides is 1. The molecule has 0 aliphatic heterocycles. The third kappa shape index (κ3) is 4.69. The van der Waals surface area contributed by atoms with Crippen LogP contribution < -0.4 is 10.1 Å². The summed E-state index contributed by atoms with van der Waals surface area (Å²) < 4.78 is 23.4. The number of ether oxygens (including phenoxy) is 2. The number of hydrogen-bond donors (Lipinski definition) is 1. The summed E-state index contributed by atoms with van der Waals surface area (Å²) >= 11 is 0. The number of anilines is 1. The van der Waals surface area contributed by atoms with Gasteiger partial charge in [-0.3, -0.25) is 9.59 Å². The van der Waals surface area contributed by atoms with E-state index in [1.54, 1.807) is 12.1 Å². The molecular weight excluding hydrogens is 353 g/mol. The third-order valence-electron chi connectivity index (χ3n) is 4.13. The first kappa shape index (κ1) is 18.6. The Balaban J connectivity index is 1.58. The van der Waals surface area contributed by atoms with E-state index in [2.05, 4.69) is 5.32 Å². The van der Waals surface area contributed by atoms with Gasteiger partial charge >= 0.3 is 5.97 Å². The van der Waals surface area contributed by atoms with Crippen molar-refractivity contribution < 1.29 is 28.2 Å². The second-order valence-corrected chi connectivity index (χ2v) is 6.18. The highest BCUT2D eigenvalue weighted by Gasteiger charge is 2.29. The molecule has 0 spiro atoms. The van der Waals surface area contributed by atoms with Crippen molar-refractivity contribution in [1.82, 2.24) is 0 Å². The number of nitrogens with one attached hydrogen (secondary N) is 1. The van der Waals surface area contributed by atoms with Crippen LogP contribution in [0.15, 0.2) is 42.5 Å². The second kappa shape index (κ2) is 7.99. The number of carbonyl (C=O) groups excluding carboxylic acids is 3. The minimum Gasteiger partial charge on any atom is -0.496 e. The third-order valence-corrected chi connectivity index (χ3v) is 4.13. The number of hydrogen-bond acceptors (Lipinski definition) is 5. The molecule has 2 aromatic rings. The molecule has 1 amide bonds. The van der Waals surface area contributed by atoms with Crippen LogP contribution in [0.4, 0.5) is 10.1 Å². The normalized spacial score (nSPS) is 13.0. The monoisotopic (exact) mass is 371 g/mol. The van der Waals surface area contributed by atoms with Crippen LogP contribution in [0.2, 0.25) is 0 Å². The standard InChI is InChI=1S/C20H18FNO5/c1-26-18-9-6-14(21)10-16(18)17(23)11-27-20(25)13-4-7-15(8-5-13)22-19(24)12-2-3-12/h4-10,12H,2-3,11H2,1H3,(H,22,24). The van der Waals surface area contributed by atoms with Crippen LogP contribution >= 0.6 is 0 Å². The van der Waals surface area contributed by atoms with Gasteiger partial charge in [0.25, 0.3) is 0 Å². The fourth-order valence-electron chi connectivity index (χ4n) is 2.47. The van der Waals surface area contributed by atoms with Gasteiger partial charge in [-0.1, -0.05) is 0 Å². The van der Waals surface area contributed by atoms with Gasteiger partial charge in [0.1, 0.15) is 11.6 Å². The lowest BCUT2D eigenvalue weighted by Gasteiger charge is -2.09. The van der Waals surface area contributed by atoms with E-state index in [1.165, 1.54) is 31.4 Å². The average molecular weight is 371 g/mol. The Kier molecular flexibility index (Phi) is 5.49. The first-order valence-corrected chi connectivity index (χ1v) is 8.42. The molecule has 0 radical (unpaired) electrons. The van der Waals surface area contributed by atoms with Crippen LogP contribution in [-0.2, 0) is 9.53 Å². The van der Waals surface area contributed by atoms with E-state index in [-0.39, 0.29) is 28.7 Å². The van der Waals surface area contributed by atoms with Crippen LogP contribution in [0.5, 0.6) is 5.75 Å². The summed E-state index contributed by atoms with van der Waals surface area (Å²) in [5, 5.41) is 2.77. The lowest BCUT2D eigenvalue weighted by Crippen LogP contribution is -2.16. The molecule has 0 unspecified atom stereocenters. The number of ketones is 1. The average Bonchev–Trinajstić information content (AvgIpc) is 3.51. The van der Waals surface area contributed by atoms with Crippen molar-refractivity contribution in [2.45, 2.75) is 12.8 Å². The van der Waals surface area contributed by atoms with Crippen LogP contribution in [0, 0.1) is 11.7 Å². The molecule has 3 rings (SSSR count). The van der Waals surface area contributed by atoms with E-state index < -0.39 is 24.2 Å². The second-order valence-electron chi connectivity index (χ2n) is 6.18. The van der Waals surface area contributed by atoms with Gasteiger partial charge in [-0.25, -0.2) is 9.18 Å². The van der Waals surface area contributed by atoms with Gasteiger partial charge in [-0.05, 0) is 55.3 Å². The van der Waals surface area contributed by atoms with E-state index >= 15 is 0 Å². The molecule has 140 valence electrons. The quantitative estimate of drug-likeness (QED) is 0.597. The highest BCUT2D eigenvalue weighted by Crippen LogP contribution is 2.30. The zero-order valence-electron chi connectivity index (χ0n) is 14.7. The van der Waals surface area contributed by atoms with Gasteiger partial charge in [0, 0.05) is 11.6 Å². The van der Waals surface area contributed by atoms with E-state index in [9.17, 15) is 18.8 Å². The lowest BCUT2D eigenvalue weighted by atomic mass is 10.1. The molecule has 6 nitrogen and oxygen atoms in total. The lowest BCUT2D eigenvalue weighted by molar-refractivity contribution is -0.117. The van der Waals surface area contributed by atoms with Crippen molar-refractivity contribution in [2.75, 3.05) is 19.0 Å². The molecule has 0 atom stereocenters. The number of esters is 1. The SMILES string of the molecule is COc1ccc(F)cc1C(=O)COC(=O)c1ccc(NC(=O)C2CC2)cc1. The fraction of sp³-hybridized carbons (Fsp3) is 0.250. The molecule has 0 saturated heterocycles. The van der Waals surface area contributed by atoms with Crippen molar-refractivity contribution in [1.29, 1.82) is 0 Å². The van der Waals surface area contributed by atoms with Gasteiger partial charge in [-0.2, -0.15) is 0 Å². The molecule has 1 aliphatic carbocycles. The van der Waals surface area contributed by atoms with Crippen molar-refractivity contribution in [3.8, 4) is 5.75 Å². The number of halogens is 1. The minimum absolute atomic E-state index is 0.00318. The zero-order chi connectivity index (χ0) is 19.4. The molecule has 1 fully saturated rings. The smallest absolute Gasteiger partial charge is 0.338 e. The topological polar surface area (TPSA) is 81.7 Å². The van der Waals surface area contributed by atoms with Crippen LogP contribution in [-0.4, -0.2) is 31.4 Å². The largest absolute Gasteiger partial charge is 0.496 e. The predicted octanol–water partition coefficient (Wildman–Crippen LogP) is 3.22. The summed E-state index contributed by atoms with van der Waals surface area (Å²) in [6, 6.07) is 9.72. The van der Waals surface area contributed by atoms with Crippen molar-refractivity contribution >= 4 is 23.3 Å². The molecule has 7 heteroatoms. The molecule has 0 bridgehead atoms. The summed E-state index contributed by atoms with van der Waals surface area (Å²) in [6.07, 6.45) is 1.81. The highest BCUT2D eigenvalue weighted by atomic mass is 19.1. The highest BCUT2D eigenvalue weighted by molar-refractivity contribution is 6.01. The van der Waals surface area contributed by atoms with Crippen molar-refractivity contribution in [3.63, 3.8) is 0 Å². The maximum atomic E-state index is 13.3. The van der Waals surface area contributed by atoms with Gasteiger partial charge in [0.2, 0.25) is 11.7 Å². The van der Waals surface area contributed by atoms with Crippen molar-refractivity contribution in [3.05, 3.63) is 59.4 Å². The maximum Gasteiger partial charge on any atom is 0.338 e. The number of Topliss-reactive ketones (excluding diaryl/α,β-unsaturated/α-hetero) is 1. The molecule has 2 aromatic carbocycles. The summed E-state index contributed by atoms with van der Waals surface area (Å²) in [5.74, 6) is -1.60. The molecule has 0 heterocycles. The van der Waals surface area contributed by atoms with Crippen LogP contribution in [0.1, 0.15) is 33.6 Å². The molecule has 27 heavy (non-hydrogen) atoms. The maximum absolute atomic E-state index is 13.3. The molecular formula is C20H18FNO5. The number of rotatable bonds is 7. The van der Waals surface area contributed by atoms with E-state index in [4.69, 9.17) is 9.47 Å². The summed E-state index contributed by atoms with van der Waals surface area (Å²) in [5.41, 5.74) is 0.825. The number of carbonyl (C=O) groups is 3. The Bertz CT molecular complexity index is 874. The van der Waals surface area contributed by atoms with E-state index in [0.717, 1.165) is 18.9 Å².